The van der Waals surface area contributed by atoms with Gasteiger partial charge in [-0.25, -0.2) is 0 Å². The van der Waals surface area contributed by atoms with Gasteiger partial charge in [0.05, 0.1) is 20.3 Å². The molecule has 1 fully saturated rings. The van der Waals surface area contributed by atoms with Gasteiger partial charge in [-0.1, -0.05) is 30.3 Å². The van der Waals surface area contributed by atoms with Crippen LogP contribution in [0.1, 0.15) is 5.56 Å². The van der Waals surface area contributed by atoms with Crippen molar-refractivity contribution in [2.75, 3.05) is 58.4 Å². The van der Waals surface area contributed by atoms with E-state index in [0.29, 0.717) is 13.2 Å². The minimum atomic E-state index is 0.641. The number of anilines is 1. The molecule has 1 aliphatic heterocycles. The fourth-order valence-electron chi connectivity index (χ4n) is 3.30. The average Bonchev–Trinajstić information content (AvgIpc) is 2.77. The van der Waals surface area contributed by atoms with Crippen molar-refractivity contribution in [2.24, 2.45) is 4.99 Å². The van der Waals surface area contributed by atoms with Gasteiger partial charge in [-0.3, -0.25) is 4.99 Å². The van der Waals surface area contributed by atoms with Gasteiger partial charge in [-0.05, 0) is 29.8 Å². The molecule has 2 aromatic carbocycles. The molecule has 1 saturated heterocycles. The number of guanidine groups is 1. The SMILES string of the molecule is CN=C(NCCOCc1ccccc1)N1CCN(c2ccc(OC)cc2)CC1. The number of hydrogen-bond donors (Lipinski definition) is 1. The number of benzene rings is 2. The molecule has 1 aliphatic rings. The number of piperazine rings is 1. The first kappa shape index (κ1) is 20.0. The monoisotopic (exact) mass is 382 g/mol. The third kappa shape index (κ3) is 5.63. The van der Waals surface area contributed by atoms with Crippen LogP contribution >= 0.6 is 0 Å². The van der Waals surface area contributed by atoms with Crippen LogP contribution in [0.4, 0.5) is 5.69 Å². The van der Waals surface area contributed by atoms with E-state index in [4.69, 9.17) is 9.47 Å². The van der Waals surface area contributed by atoms with Crippen LogP contribution in [0.25, 0.3) is 0 Å². The predicted octanol–water partition coefficient (Wildman–Crippen LogP) is 2.61. The van der Waals surface area contributed by atoms with Crippen LogP contribution in [0.3, 0.4) is 0 Å². The first-order valence-electron chi connectivity index (χ1n) is 9.76. The van der Waals surface area contributed by atoms with E-state index in [1.807, 2.05) is 37.4 Å². The van der Waals surface area contributed by atoms with Crippen LogP contribution in [0, 0.1) is 0 Å². The molecule has 0 aliphatic carbocycles. The summed E-state index contributed by atoms with van der Waals surface area (Å²) < 4.78 is 11.0. The lowest BCUT2D eigenvalue weighted by Crippen LogP contribution is -2.53. The van der Waals surface area contributed by atoms with Crippen molar-refractivity contribution in [2.45, 2.75) is 6.61 Å². The first-order chi connectivity index (χ1) is 13.8. The van der Waals surface area contributed by atoms with E-state index < -0.39 is 0 Å². The molecule has 0 unspecified atom stereocenters. The highest BCUT2D eigenvalue weighted by molar-refractivity contribution is 5.80. The molecule has 0 amide bonds. The maximum Gasteiger partial charge on any atom is 0.193 e. The Morgan fingerprint density at radius 1 is 1.00 bits per heavy atom. The fraction of sp³-hybridized carbons (Fsp3) is 0.409. The lowest BCUT2D eigenvalue weighted by atomic mass is 10.2. The quantitative estimate of drug-likeness (QED) is 0.453. The van der Waals surface area contributed by atoms with Gasteiger partial charge in [0.25, 0.3) is 0 Å². The van der Waals surface area contributed by atoms with E-state index in [1.165, 1.54) is 11.3 Å². The summed E-state index contributed by atoms with van der Waals surface area (Å²) >= 11 is 0. The van der Waals surface area contributed by atoms with Gasteiger partial charge < -0.3 is 24.6 Å². The third-order valence-electron chi connectivity index (χ3n) is 4.87. The van der Waals surface area contributed by atoms with Crippen molar-refractivity contribution < 1.29 is 9.47 Å². The molecule has 2 aromatic rings. The Morgan fingerprint density at radius 2 is 1.71 bits per heavy atom. The van der Waals surface area contributed by atoms with Crippen molar-refractivity contribution in [1.29, 1.82) is 0 Å². The molecule has 3 rings (SSSR count). The molecule has 0 radical (unpaired) electrons. The Morgan fingerprint density at radius 3 is 2.36 bits per heavy atom. The Balaban J connectivity index is 1.38. The van der Waals surface area contributed by atoms with Gasteiger partial charge in [0.1, 0.15) is 5.75 Å². The molecule has 150 valence electrons. The smallest absolute Gasteiger partial charge is 0.193 e. The zero-order valence-corrected chi connectivity index (χ0v) is 16.8. The first-order valence-corrected chi connectivity index (χ1v) is 9.76. The molecule has 6 heteroatoms. The Labute approximate surface area is 167 Å². The second-order valence-electron chi connectivity index (χ2n) is 6.68. The highest BCUT2D eigenvalue weighted by Gasteiger charge is 2.19. The van der Waals surface area contributed by atoms with E-state index in [0.717, 1.165) is 44.4 Å². The van der Waals surface area contributed by atoms with E-state index in [1.54, 1.807) is 7.11 Å². The third-order valence-corrected chi connectivity index (χ3v) is 4.87. The summed E-state index contributed by atoms with van der Waals surface area (Å²) in [4.78, 5) is 9.13. The number of nitrogens with zero attached hydrogens (tertiary/aromatic N) is 3. The number of hydrogen-bond acceptors (Lipinski definition) is 4. The predicted molar refractivity (Wildman–Crippen MR) is 114 cm³/mol. The van der Waals surface area contributed by atoms with Crippen LogP contribution in [0.2, 0.25) is 0 Å². The van der Waals surface area contributed by atoms with Gasteiger partial charge in [0.15, 0.2) is 5.96 Å². The molecular formula is C22H30N4O2. The molecular weight excluding hydrogens is 352 g/mol. The van der Waals surface area contributed by atoms with Gasteiger partial charge >= 0.3 is 0 Å². The summed E-state index contributed by atoms with van der Waals surface area (Å²) in [6.07, 6.45) is 0. The van der Waals surface area contributed by atoms with Gasteiger partial charge in [0, 0.05) is 45.5 Å². The highest BCUT2D eigenvalue weighted by Crippen LogP contribution is 2.20. The van der Waals surface area contributed by atoms with Crippen LogP contribution < -0.4 is 15.0 Å². The number of rotatable bonds is 7. The van der Waals surface area contributed by atoms with Gasteiger partial charge in [0.2, 0.25) is 0 Å². The lowest BCUT2D eigenvalue weighted by Gasteiger charge is -2.37. The van der Waals surface area contributed by atoms with Gasteiger partial charge in [-0.15, -0.1) is 0 Å². The topological polar surface area (TPSA) is 49.3 Å². The van der Waals surface area contributed by atoms with E-state index in [2.05, 4.69) is 44.4 Å². The molecule has 0 atom stereocenters. The van der Waals surface area contributed by atoms with Crippen molar-refractivity contribution in [3.8, 4) is 5.75 Å². The fourth-order valence-corrected chi connectivity index (χ4v) is 3.30. The van der Waals surface area contributed by atoms with Crippen LogP contribution in [-0.2, 0) is 11.3 Å². The maximum absolute atomic E-state index is 5.74. The van der Waals surface area contributed by atoms with Crippen molar-refractivity contribution >= 4 is 11.6 Å². The standard InChI is InChI=1S/C22H30N4O2/c1-23-22(24-12-17-28-18-19-6-4-3-5-7-19)26-15-13-25(14-16-26)20-8-10-21(27-2)11-9-20/h3-11H,12-18H2,1-2H3,(H,23,24). The summed E-state index contributed by atoms with van der Waals surface area (Å²) in [6, 6.07) is 18.5. The molecule has 1 heterocycles. The van der Waals surface area contributed by atoms with Crippen molar-refractivity contribution in [3.63, 3.8) is 0 Å². The van der Waals surface area contributed by atoms with E-state index >= 15 is 0 Å². The normalized spacial score (nSPS) is 14.9. The number of methoxy groups -OCH3 is 1. The minimum Gasteiger partial charge on any atom is -0.497 e. The minimum absolute atomic E-state index is 0.641. The van der Waals surface area contributed by atoms with Crippen molar-refractivity contribution in [1.82, 2.24) is 10.2 Å². The van der Waals surface area contributed by atoms with Gasteiger partial charge in [-0.2, -0.15) is 0 Å². The van der Waals surface area contributed by atoms with Crippen LogP contribution in [-0.4, -0.2) is 64.3 Å². The molecule has 0 aromatic heterocycles. The van der Waals surface area contributed by atoms with E-state index in [-0.39, 0.29) is 0 Å². The van der Waals surface area contributed by atoms with Crippen LogP contribution in [0.5, 0.6) is 5.75 Å². The summed E-state index contributed by atoms with van der Waals surface area (Å²) in [5, 5.41) is 3.41. The average molecular weight is 383 g/mol. The van der Waals surface area contributed by atoms with Crippen molar-refractivity contribution in [3.05, 3.63) is 60.2 Å². The Bertz CT molecular complexity index is 726. The molecule has 28 heavy (non-hydrogen) atoms. The molecule has 0 saturated carbocycles. The lowest BCUT2D eigenvalue weighted by molar-refractivity contribution is 0.125. The summed E-state index contributed by atoms with van der Waals surface area (Å²) in [7, 11) is 3.53. The Kier molecular flexibility index (Phi) is 7.55. The highest BCUT2D eigenvalue weighted by atomic mass is 16.5. The Hall–Kier alpha value is -2.73. The summed E-state index contributed by atoms with van der Waals surface area (Å²) in [5.74, 6) is 1.83. The maximum atomic E-state index is 5.74. The largest absolute Gasteiger partial charge is 0.497 e. The van der Waals surface area contributed by atoms with E-state index in [9.17, 15) is 0 Å². The molecule has 0 spiro atoms. The second kappa shape index (κ2) is 10.6. The number of nitrogens with one attached hydrogen (secondary N) is 1. The molecule has 1 N–H and O–H groups in total. The summed E-state index contributed by atoms with van der Waals surface area (Å²) in [5.41, 5.74) is 2.43. The number of ether oxygens (including phenoxy) is 2. The second-order valence-corrected chi connectivity index (χ2v) is 6.68. The van der Waals surface area contributed by atoms with Crippen LogP contribution in [0.15, 0.2) is 59.6 Å². The number of aliphatic imine (C=N–C) groups is 1. The molecule has 6 nitrogen and oxygen atoms in total. The zero-order chi connectivity index (χ0) is 19.6. The zero-order valence-electron chi connectivity index (χ0n) is 16.8. The molecule has 0 bridgehead atoms. The summed E-state index contributed by atoms with van der Waals surface area (Å²) in [6.45, 7) is 5.86.